The minimum absolute atomic E-state index is 0.0942. The highest BCUT2D eigenvalue weighted by atomic mass is 19.1. The van der Waals surface area contributed by atoms with E-state index >= 15 is 0 Å². The van der Waals surface area contributed by atoms with Gasteiger partial charge in [-0.05, 0) is 38.0 Å². The van der Waals surface area contributed by atoms with Crippen LogP contribution in [0.2, 0.25) is 0 Å². The Kier molecular flexibility index (Phi) is 3.81. The van der Waals surface area contributed by atoms with E-state index in [9.17, 15) is 9.18 Å². The predicted octanol–water partition coefficient (Wildman–Crippen LogP) is 1.71. The van der Waals surface area contributed by atoms with Gasteiger partial charge in [0, 0.05) is 18.3 Å². The molecule has 1 fully saturated rings. The first kappa shape index (κ1) is 12.8. The molecule has 18 heavy (non-hydrogen) atoms. The lowest BCUT2D eigenvalue weighted by Gasteiger charge is -2.35. The van der Waals surface area contributed by atoms with E-state index in [0.717, 1.165) is 18.9 Å². The Morgan fingerprint density at radius 1 is 1.56 bits per heavy atom. The van der Waals surface area contributed by atoms with Crippen molar-refractivity contribution >= 4 is 11.6 Å². The van der Waals surface area contributed by atoms with Crippen LogP contribution in [0.3, 0.4) is 0 Å². The monoisotopic (exact) mass is 252 g/mol. The van der Waals surface area contributed by atoms with Gasteiger partial charge < -0.3 is 15.8 Å². The van der Waals surface area contributed by atoms with E-state index in [1.165, 1.54) is 12.1 Å². The summed E-state index contributed by atoms with van der Waals surface area (Å²) in [5, 5.41) is 2.82. The second-order valence-corrected chi connectivity index (χ2v) is 4.45. The molecular weight excluding hydrogens is 235 g/mol. The van der Waals surface area contributed by atoms with E-state index in [-0.39, 0.29) is 29.3 Å². The Morgan fingerprint density at radius 3 is 2.94 bits per heavy atom. The Bertz CT molecular complexity index is 445. The van der Waals surface area contributed by atoms with Crippen molar-refractivity contribution in [2.75, 3.05) is 12.3 Å². The molecule has 0 heterocycles. The zero-order valence-corrected chi connectivity index (χ0v) is 10.3. The summed E-state index contributed by atoms with van der Waals surface area (Å²) >= 11 is 0. The zero-order chi connectivity index (χ0) is 13.1. The maximum atomic E-state index is 13.0. The van der Waals surface area contributed by atoms with Gasteiger partial charge in [0.15, 0.2) is 0 Å². The summed E-state index contributed by atoms with van der Waals surface area (Å²) in [6, 6.07) is 3.88. The van der Waals surface area contributed by atoms with Crippen LogP contribution in [0.25, 0.3) is 0 Å². The number of benzene rings is 1. The molecule has 1 aliphatic carbocycles. The maximum Gasteiger partial charge on any atom is 0.253 e. The second-order valence-electron chi connectivity index (χ2n) is 4.45. The molecule has 1 amide bonds. The zero-order valence-electron chi connectivity index (χ0n) is 10.3. The molecule has 3 N–H and O–H groups in total. The van der Waals surface area contributed by atoms with Gasteiger partial charge in [-0.25, -0.2) is 4.39 Å². The topological polar surface area (TPSA) is 64.3 Å². The third-order valence-electron chi connectivity index (χ3n) is 3.09. The van der Waals surface area contributed by atoms with Gasteiger partial charge >= 0.3 is 0 Å². The largest absolute Gasteiger partial charge is 0.398 e. The molecule has 0 unspecified atom stereocenters. The first-order valence-corrected chi connectivity index (χ1v) is 6.07. The number of nitrogen functional groups attached to an aromatic ring is 1. The molecular formula is C13H17FN2O2. The van der Waals surface area contributed by atoms with Crippen molar-refractivity contribution in [2.45, 2.75) is 31.9 Å². The fourth-order valence-corrected chi connectivity index (χ4v) is 2.04. The number of carbonyl (C=O) groups excluding carboxylic acids is 1. The quantitative estimate of drug-likeness (QED) is 0.802. The lowest BCUT2D eigenvalue weighted by Crippen LogP contribution is -2.47. The molecule has 2 rings (SSSR count). The van der Waals surface area contributed by atoms with Gasteiger partial charge in [0.1, 0.15) is 5.82 Å². The molecule has 0 saturated heterocycles. The lowest BCUT2D eigenvalue weighted by molar-refractivity contribution is -0.00862. The van der Waals surface area contributed by atoms with Crippen LogP contribution in [-0.2, 0) is 4.74 Å². The van der Waals surface area contributed by atoms with Crippen molar-refractivity contribution in [3.63, 3.8) is 0 Å². The third kappa shape index (κ3) is 2.79. The minimum atomic E-state index is -0.463. The fraction of sp³-hybridized carbons (Fsp3) is 0.462. The number of anilines is 1. The molecule has 4 nitrogen and oxygen atoms in total. The van der Waals surface area contributed by atoms with Crippen LogP contribution in [0.15, 0.2) is 18.2 Å². The Labute approximate surface area is 105 Å². The Hall–Kier alpha value is -1.62. The van der Waals surface area contributed by atoms with E-state index < -0.39 is 5.82 Å². The number of halogens is 1. The highest BCUT2D eigenvalue weighted by Gasteiger charge is 2.31. The van der Waals surface area contributed by atoms with E-state index in [1.54, 1.807) is 0 Å². The second kappa shape index (κ2) is 5.35. The fourth-order valence-electron chi connectivity index (χ4n) is 2.04. The number of nitrogens with two attached hydrogens (primary N) is 1. The molecule has 1 aromatic rings. The number of ether oxygens (including phenoxy) is 1. The average Bonchev–Trinajstić information content (AvgIpc) is 2.29. The van der Waals surface area contributed by atoms with Gasteiger partial charge in [0.2, 0.25) is 0 Å². The number of carbonyl (C=O) groups is 1. The number of hydrogen-bond donors (Lipinski definition) is 2. The minimum Gasteiger partial charge on any atom is -0.398 e. The third-order valence-corrected chi connectivity index (χ3v) is 3.09. The molecule has 1 aliphatic rings. The molecule has 98 valence electrons. The summed E-state index contributed by atoms with van der Waals surface area (Å²) in [5.41, 5.74) is 6.12. The molecule has 0 spiro atoms. The SMILES string of the molecule is CCOC1CC(NC(=O)c2cc(F)ccc2N)C1. The molecule has 0 atom stereocenters. The molecule has 0 bridgehead atoms. The molecule has 1 aromatic carbocycles. The first-order valence-electron chi connectivity index (χ1n) is 6.07. The normalized spacial score (nSPS) is 22.3. The number of rotatable bonds is 4. The predicted molar refractivity (Wildman–Crippen MR) is 66.7 cm³/mol. The smallest absolute Gasteiger partial charge is 0.253 e. The van der Waals surface area contributed by atoms with Gasteiger partial charge in [0.05, 0.1) is 11.7 Å². The first-order chi connectivity index (χ1) is 8.60. The van der Waals surface area contributed by atoms with E-state index in [1.807, 2.05) is 6.92 Å². The Morgan fingerprint density at radius 2 is 2.28 bits per heavy atom. The Balaban J connectivity index is 1.91. The van der Waals surface area contributed by atoms with Crippen LogP contribution >= 0.6 is 0 Å². The highest BCUT2D eigenvalue weighted by Crippen LogP contribution is 2.24. The summed E-state index contributed by atoms with van der Waals surface area (Å²) in [5.74, 6) is -0.790. The van der Waals surface area contributed by atoms with Gasteiger partial charge in [-0.1, -0.05) is 0 Å². The molecule has 1 saturated carbocycles. The van der Waals surface area contributed by atoms with E-state index in [0.29, 0.717) is 6.61 Å². The van der Waals surface area contributed by atoms with Gasteiger partial charge in [-0.2, -0.15) is 0 Å². The number of amides is 1. The van der Waals surface area contributed by atoms with Crippen LogP contribution in [0.1, 0.15) is 30.1 Å². The van der Waals surface area contributed by atoms with Crippen molar-refractivity contribution < 1.29 is 13.9 Å². The summed E-state index contributed by atoms with van der Waals surface area (Å²) in [6.45, 7) is 2.63. The van der Waals surface area contributed by atoms with Crippen LogP contribution in [0.4, 0.5) is 10.1 Å². The van der Waals surface area contributed by atoms with E-state index in [2.05, 4.69) is 5.32 Å². The van der Waals surface area contributed by atoms with Gasteiger partial charge in [-0.15, -0.1) is 0 Å². The van der Waals surface area contributed by atoms with E-state index in [4.69, 9.17) is 10.5 Å². The van der Waals surface area contributed by atoms with Crippen molar-refractivity contribution in [2.24, 2.45) is 0 Å². The van der Waals surface area contributed by atoms with Crippen LogP contribution in [-0.4, -0.2) is 24.7 Å². The maximum absolute atomic E-state index is 13.0. The summed E-state index contributed by atoms with van der Waals surface area (Å²) in [4.78, 5) is 11.9. The molecule has 0 aromatic heterocycles. The van der Waals surface area contributed by atoms with Crippen molar-refractivity contribution in [3.05, 3.63) is 29.6 Å². The lowest BCUT2D eigenvalue weighted by atomic mass is 9.89. The number of hydrogen-bond acceptors (Lipinski definition) is 3. The summed E-state index contributed by atoms with van der Waals surface area (Å²) in [7, 11) is 0. The highest BCUT2D eigenvalue weighted by molar-refractivity contribution is 5.99. The van der Waals surface area contributed by atoms with Crippen molar-refractivity contribution in [1.29, 1.82) is 0 Å². The standard InChI is InChI=1S/C13H17FN2O2/c1-2-18-10-6-9(7-10)16-13(17)11-5-8(14)3-4-12(11)15/h3-5,9-10H,2,6-7,15H2,1H3,(H,16,17). The summed E-state index contributed by atoms with van der Waals surface area (Å²) < 4.78 is 18.4. The number of nitrogens with one attached hydrogen (secondary N) is 1. The van der Waals surface area contributed by atoms with Gasteiger partial charge in [-0.3, -0.25) is 4.79 Å². The van der Waals surface area contributed by atoms with Crippen molar-refractivity contribution in [1.82, 2.24) is 5.32 Å². The molecule has 0 aliphatic heterocycles. The van der Waals surface area contributed by atoms with Crippen LogP contribution in [0, 0.1) is 5.82 Å². The van der Waals surface area contributed by atoms with Crippen LogP contribution in [0.5, 0.6) is 0 Å². The van der Waals surface area contributed by atoms with Crippen molar-refractivity contribution in [3.8, 4) is 0 Å². The molecule has 0 radical (unpaired) electrons. The van der Waals surface area contributed by atoms with Gasteiger partial charge in [0.25, 0.3) is 5.91 Å². The molecule has 5 heteroatoms. The summed E-state index contributed by atoms with van der Waals surface area (Å²) in [6.07, 6.45) is 1.83. The van der Waals surface area contributed by atoms with Crippen LogP contribution < -0.4 is 11.1 Å². The average molecular weight is 252 g/mol.